The highest BCUT2D eigenvalue weighted by Gasteiger charge is 2.61. The molecule has 2 rings (SSSR count). The van der Waals surface area contributed by atoms with Crippen LogP contribution >= 0.6 is 0 Å². The Kier molecular flexibility index (Phi) is 9.55. The van der Waals surface area contributed by atoms with Crippen LogP contribution in [0.3, 0.4) is 0 Å². The largest absolute Gasteiger partial charge is 0.479 e. The molecule has 1 aliphatic heterocycles. The van der Waals surface area contributed by atoms with Crippen molar-refractivity contribution >= 4 is 33.8 Å². The summed E-state index contributed by atoms with van der Waals surface area (Å²) >= 11 is 0. The summed E-state index contributed by atoms with van der Waals surface area (Å²) in [6.45, 7) is 14.9. The average Bonchev–Trinajstić information content (AvgIpc) is 3.27. The Hall–Kier alpha value is -2.67. The third-order valence-corrected chi connectivity index (χ3v) is 8.89. The maximum atomic E-state index is 13.8. The number of sulfonamides is 1. The zero-order valence-corrected chi connectivity index (χ0v) is 25.1. The van der Waals surface area contributed by atoms with Crippen molar-refractivity contribution in [3.63, 3.8) is 0 Å². The summed E-state index contributed by atoms with van der Waals surface area (Å²) in [7, 11) is -2.05. The van der Waals surface area contributed by atoms with Gasteiger partial charge in [-0.05, 0) is 30.1 Å². The molecule has 5 atom stereocenters. The molecule has 1 saturated carbocycles. The van der Waals surface area contributed by atoms with Crippen LogP contribution in [0.15, 0.2) is 12.7 Å². The van der Waals surface area contributed by atoms with E-state index in [-0.39, 0.29) is 18.9 Å². The van der Waals surface area contributed by atoms with Crippen LogP contribution in [0.1, 0.15) is 60.8 Å². The zero-order chi connectivity index (χ0) is 30.1. The van der Waals surface area contributed by atoms with E-state index in [0.29, 0.717) is 19.4 Å². The summed E-state index contributed by atoms with van der Waals surface area (Å²) in [6, 6.07) is -3.07. The summed E-state index contributed by atoms with van der Waals surface area (Å²) in [5.74, 6) is -2.51. The van der Waals surface area contributed by atoms with E-state index >= 15 is 0 Å². The van der Waals surface area contributed by atoms with Crippen molar-refractivity contribution in [1.29, 1.82) is 0 Å². The first-order valence-electron chi connectivity index (χ1n) is 13.1. The van der Waals surface area contributed by atoms with E-state index in [9.17, 15) is 32.7 Å². The number of hydrogen-bond donors (Lipinski definition) is 4. The highest BCUT2D eigenvalue weighted by atomic mass is 32.2. The Morgan fingerprint density at radius 3 is 2.15 bits per heavy atom. The second-order valence-electron chi connectivity index (χ2n) is 12.9. The summed E-state index contributed by atoms with van der Waals surface area (Å²) < 4.78 is 25.1. The Balaban J connectivity index is 2.20. The number of carboxylic acid groups (broad SMARTS) is 1. The monoisotopic (exact) mass is 571 g/mol. The number of rotatable bonds is 10. The fourth-order valence-electron chi connectivity index (χ4n) is 4.70. The van der Waals surface area contributed by atoms with Crippen LogP contribution in [-0.2, 0) is 24.4 Å². The molecule has 39 heavy (non-hydrogen) atoms. The number of carbonyl (C=O) groups is 4. The third-order valence-electron chi connectivity index (χ3n) is 7.61. The molecule has 1 heterocycles. The molecule has 0 aromatic carbocycles. The van der Waals surface area contributed by atoms with Gasteiger partial charge in [0.05, 0.1) is 6.26 Å². The van der Waals surface area contributed by atoms with Gasteiger partial charge < -0.3 is 26.0 Å². The first-order valence-corrected chi connectivity index (χ1v) is 15.0. The van der Waals surface area contributed by atoms with Crippen LogP contribution in [0.5, 0.6) is 0 Å². The molecule has 2 unspecified atom stereocenters. The number of likely N-dealkylation sites (N-methyl/N-ethyl adjacent to an activating group) is 1. The van der Waals surface area contributed by atoms with Crippen LogP contribution in [0.2, 0.25) is 0 Å². The minimum Gasteiger partial charge on any atom is -0.479 e. The van der Waals surface area contributed by atoms with E-state index in [1.54, 1.807) is 20.8 Å². The predicted octanol–water partition coefficient (Wildman–Crippen LogP) is 1.14. The minimum atomic E-state index is -3.48. The fraction of sp³-hybridized carbons (Fsp3) is 0.769. The molecular weight excluding hydrogens is 526 g/mol. The summed E-state index contributed by atoms with van der Waals surface area (Å²) in [5, 5.41) is 17.9. The van der Waals surface area contributed by atoms with Gasteiger partial charge in [0.15, 0.2) is 0 Å². The number of carbonyl (C=O) groups excluding carboxylic acids is 3. The molecular formula is C26H45N5O7S. The van der Waals surface area contributed by atoms with Crippen LogP contribution in [0, 0.1) is 16.7 Å². The molecule has 2 fully saturated rings. The first kappa shape index (κ1) is 32.5. The lowest BCUT2D eigenvalue weighted by molar-refractivity contribution is -0.146. The number of urea groups is 1. The van der Waals surface area contributed by atoms with E-state index in [1.807, 2.05) is 20.8 Å². The normalized spacial score (nSPS) is 25.0. The highest BCUT2D eigenvalue weighted by Crippen LogP contribution is 2.45. The van der Waals surface area contributed by atoms with Crippen molar-refractivity contribution < 1.29 is 32.7 Å². The van der Waals surface area contributed by atoms with Gasteiger partial charge >= 0.3 is 12.0 Å². The van der Waals surface area contributed by atoms with Gasteiger partial charge in [0.2, 0.25) is 21.8 Å². The Labute approximate surface area is 232 Å². The maximum absolute atomic E-state index is 13.8. The number of hydrogen-bond acceptors (Lipinski definition) is 6. The number of nitrogens with one attached hydrogen (secondary N) is 3. The van der Waals surface area contributed by atoms with Gasteiger partial charge in [0.1, 0.15) is 17.6 Å². The van der Waals surface area contributed by atoms with Crippen molar-refractivity contribution in [2.75, 3.05) is 26.4 Å². The van der Waals surface area contributed by atoms with Crippen molar-refractivity contribution in [2.45, 2.75) is 84.5 Å². The summed E-state index contributed by atoms with van der Waals surface area (Å²) in [4.78, 5) is 53.3. The van der Waals surface area contributed by atoms with E-state index in [0.717, 1.165) is 10.6 Å². The lowest BCUT2D eigenvalue weighted by Gasteiger charge is -2.37. The number of amides is 4. The number of aliphatic carboxylic acids is 1. The second-order valence-corrected chi connectivity index (χ2v) is 15.0. The molecule has 2 aliphatic rings. The van der Waals surface area contributed by atoms with Gasteiger partial charge in [-0.15, -0.1) is 6.58 Å². The van der Waals surface area contributed by atoms with Crippen LogP contribution < -0.4 is 16.0 Å². The lowest BCUT2D eigenvalue weighted by Crippen LogP contribution is -2.62. The first-order chi connectivity index (χ1) is 17.6. The molecule has 4 N–H and O–H groups in total. The number of carboxylic acids is 1. The molecule has 12 nitrogen and oxygen atoms in total. The second kappa shape index (κ2) is 11.4. The van der Waals surface area contributed by atoms with Crippen molar-refractivity contribution in [2.24, 2.45) is 16.7 Å². The third kappa shape index (κ3) is 7.71. The zero-order valence-electron chi connectivity index (χ0n) is 24.3. The Bertz CT molecular complexity index is 1090. The van der Waals surface area contributed by atoms with Crippen molar-refractivity contribution in [3.8, 4) is 0 Å². The number of likely N-dealkylation sites (tertiary alicyclic amines) is 1. The SMILES string of the molecule is C=CC1C[C@]1(NC(=O)[C@@H]1CCCN1C(=O)[C@@H](NC(=O)NC(CN(C)S(C)(=O)=O)C(C)(C)C)C(C)(C)C)C(=O)O. The smallest absolute Gasteiger partial charge is 0.330 e. The molecule has 0 bridgehead atoms. The topological polar surface area (TPSA) is 165 Å². The molecule has 4 amide bonds. The molecule has 1 aliphatic carbocycles. The summed E-state index contributed by atoms with van der Waals surface area (Å²) in [5.41, 5.74) is -2.63. The van der Waals surface area contributed by atoms with E-state index < -0.39 is 68.3 Å². The van der Waals surface area contributed by atoms with Gasteiger partial charge in [0, 0.05) is 32.1 Å². The van der Waals surface area contributed by atoms with Gasteiger partial charge in [0.25, 0.3) is 0 Å². The minimum absolute atomic E-state index is 0.0370. The molecule has 0 radical (unpaired) electrons. The molecule has 1 saturated heterocycles. The van der Waals surface area contributed by atoms with Crippen molar-refractivity contribution in [1.82, 2.24) is 25.2 Å². The Morgan fingerprint density at radius 1 is 1.13 bits per heavy atom. The van der Waals surface area contributed by atoms with E-state index in [4.69, 9.17) is 0 Å². The quantitative estimate of drug-likeness (QED) is 0.286. The molecule has 0 aromatic rings. The van der Waals surface area contributed by atoms with Crippen molar-refractivity contribution in [3.05, 3.63) is 12.7 Å². The molecule has 222 valence electrons. The van der Waals surface area contributed by atoms with Gasteiger partial charge in [-0.1, -0.05) is 47.6 Å². The summed E-state index contributed by atoms with van der Waals surface area (Å²) in [6.07, 6.45) is 3.76. The van der Waals surface area contributed by atoms with Crippen LogP contribution in [0.4, 0.5) is 4.79 Å². The van der Waals surface area contributed by atoms with Gasteiger partial charge in [-0.3, -0.25) is 9.59 Å². The van der Waals surface area contributed by atoms with E-state index in [1.165, 1.54) is 18.0 Å². The Morgan fingerprint density at radius 2 is 1.72 bits per heavy atom. The van der Waals surface area contributed by atoms with Crippen LogP contribution in [-0.4, -0.2) is 96.6 Å². The fourth-order valence-corrected chi connectivity index (χ4v) is 5.12. The number of nitrogens with zero attached hydrogens (tertiary/aromatic N) is 2. The van der Waals surface area contributed by atoms with Gasteiger partial charge in [-0.2, -0.15) is 0 Å². The van der Waals surface area contributed by atoms with E-state index in [2.05, 4.69) is 22.5 Å². The highest BCUT2D eigenvalue weighted by molar-refractivity contribution is 7.88. The molecule has 0 spiro atoms. The molecule has 0 aromatic heterocycles. The standard InChI is InChI=1S/C26H45N5O7S/c1-10-16-14-26(16,22(34)35)29-20(32)17-12-11-13-31(17)21(33)19(25(5,6)7)28-23(36)27-18(24(2,3)4)15-30(8)39(9,37)38/h10,16-19H,1,11-15H2,2-9H3,(H,29,32)(H,34,35)(H2,27,28,36)/t16?,17-,18?,19+,26+/m0/s1. The molecule has 13 heteroatoms. The maximum Gasteiger partial charge on any atom is 0.330 e. The lowest BCUT2D eigenvalue weighted by atomic mass is 9.85. The average molecular weight is 572 g/mol. The van der Waals surface area contributed by atoms with Gasteiger partial charge in [-0.25, -0.2) is 22.3 Å². The van der Waals surface area contributed by atoms with Crippen LogP contribution in [0.25, 0.3) is 0 Å². The predicted molar refractivity (Wildman–Crippen MR) is 147 cm³/mol.